The summed E-state index contributed by atoms with van der Waals surface area (Å²) >= 11 is 0. The topological polar surface area (TPSA) is 129 Å². The van der Waals surface area contributed by atoms with Crippen LogP contribution in [0.3, 0.4) is 0 Å². The smallest absolute Gasteiger partial charge is 0.344 e. The average molecular weight is 476 g/mol. The van der Waals surface area contributed by atoms with Crippen molar-refractivity contribution in [2.75, 3.05) is 47.0 Å². The molecular weight excluding hydrogens is 442 g/mol. The van der Waals surface area contributed by atoms with Crippen LogP contribution in [0.15, 0.2) is 24.3 Å². The lowest BCUT2D eigenvalue weighted by molar-refractivity contribution is -0.139. The predicted molar refractivity (Wildman–Crippen MR) is 123 cm³/mol. The number of nitrogens with zero attached hydrogens (tertiary/aromatic N) is 2. The zero-order valence-electron chi connectivity index (χ0n) is 19.9. The van der Waals surface area contributed by atoms with E-state index in [1.54, 1.807) is 38.3 Å². The summed E-state index contributed by atoms with van der Waals surface area (Å²) in [5.74, 6) is -0.471. The van der Waals surface area contributed by atoms with Crippen LogP contribution >= 0.6 is 0 Å². The van der Waals surface area contributed by atoms with E-state index in [1.165, 1.54) is 7.11 Å². The molecule has 1 atom stereocenters. The second-order valence-corrected chi connectivity index (χ2v) is 8.65. The fourth-order valence-electron chi connectivity index (χ4n) is 4.15. The monoisotopic (exact) mass is 475 g/mol. The Morgan fingerprint density at radius 2 is 1.82 bits per heavy atom. The van der Waals surface area contributed by atoms with Crippen LogP contribution < -0.4 is 20.8 Å². The first-order valence-corrected chi connectivity index (χ1v) is 11.4. The van der Waals surface area contributed by atoms with Crippen LogP contribution in [0.2, 0.25) is 0 Å². The number of piperidine rings is 1. The Balaban J connectivity index is 1.48. The van der Waals surface area contributed by atoms with Gasteiger partial charge in [0.25, 0.3) is 11.8 Å². The van der Waals surface area contributed by atoms with E-state index in [1.807, 2.05) is 4.90 Å². The molecular formula is C23H33N5O6. The van der Waals surface area contributed by atoms with Crippen molar-refractivity contribution in [3.8, 4) is 5.75 Å². The standard InChI is InChI=1S/C23H33N5O6/c1-23(17-5-7-18(34-3)8-6-17)21(31)28(22(32)25-23)26-19(29)15-27-12-9-16(10-13-27)20(30)24-11-4-14-33-2/h5-8,16H,4,9-15H2,1-3H3,(H,24,30)(H,25,32)(H,26,29). The Morgan fingerprint density at radius 1 is 1.15 bits per heavy atom. The molecule has 1 aromatic carbocycles. The SMILES string of the molecule is COCCCNC(=O)C1CCN(CC(=O)NN2C(=O)NC(C)(c3ccc(OC)cc3)C2=O)CC1. The third-order valence-corrected chi connectivity index (χ3v) is 6.24. The third-order valence-electron chi connectivity index (χ3n) is 6.24. The number of benzene rings is 1. The molecule has 0 aromatic heterocycles. The fraction of sp³-hybridized carbons (Fsp3) is 0.565. The second kappa shape index (κ2) is 11.3. The molecule has 0 spiro atoms. The number of methoxy groups -OCH3 is 2. The first-order valence-electron chi connectivity index (χ1n) is 11.4. The highest BCUT2D eigenvalue weighted by atomic mass is 16.5. The quantitative estimate of drug-likeness (QED) is 0.329. The van der Waals surface area contributed by atoms with E-state index in [9.17, 15) is 19.2 Å². The molecule has 34 heavy (non-hydrogen) atoms. The van der Waals surface area contributed by atoms with Gasteiger partial charge in [0.05, 0.1) is 13.7 Å². The summed E-state index contributed by atoms with van der Waals surface area (Å²) in [7, 11) is 3.16. The van der Waals surface area contributed by atoms with Gasteiger partial charge in [-0.15, -0.1) is 0 Å². The zero-order valence-corrected chi connectivity index (χ0v) is 19.9. The number of carbonyl (C=O) groups excluding carboxylic acids is 4. The summed E-state index contributed by atoms with van der Waals surface area (Å²) in [4.78, 5) is 52.2. The van der Waals surface area contributed by atoms with Gasteiger partial charge in [-0.2, -0.15) is 5.01 Å². The van der Waals surface area contributed by atoms with Gasteiger partial charge in [0.15, 0.2) is 0 Å². The van der Waals surface area contributed by atoms with Gasteiger partial charge in [-0.3, -0.25) is 24.7 Å². The van der Waals surface area contributed by atoms with E-state index in [0.717, 1.165) is 11.4 Å². The van der Waals surface area contributed by atoms with Crippen LogP contribution in [0.4, 0.5) is 4.79 Å². The summed E-state index contributed by atoms with van der Waals surface area (Å²) in [6.07, 6.45) is 2.05. The van der Waals surface area contributed by atoms with Gasteiger partial charge in [0.1, 0.15) is 11.3 Å². The number of rotatable bonds is 10. The third kappa shape index (κ3) is 5.84. The predicted octanol–water partition coefficient (Wildman–Crippen LogP) is 0.358. The molecule has 1 aromatic rings. The van der Waals surface area contributed by atoms with Gasteiger partial charge < -0.3 is 20.1 Å². The van der Waals surface area contributed by atoms with Crippen molar-refractivity contribution in [1.82, 2.24) is 26.0 Å². The number of urea groups is 1. The van der Waals surface area contributed by atoms with Gasteiger partial charge in [-0.05, 0) is 57.0 Å². The normalized spacial score (nSPS) is 21.3. The number of hydrogen-bond donors (Lipinski definition) is 3. The lowest BCUT2D eigenvalue weighted by atomic mass is 9.92. The molecule has 1 unspecified atom stereocenters. The minimum Gasteiger partial charge on any atom is -0.497 e. The summed E-state index contributed by atoms with van der Waals surface area (Å²) < 4.78 is 10.1. The molecule has 0 saturated carbocycles. The molecule has 5 amide bonds. The van der Waals surface area contributed by atoms with E-state index < -0.39 is 23.4 Å². The number of hydrazine groups is 1. The van der Waals surface area contributed by atoms with E-state index >= 15 is 0 Å². The largest absolute Gasteiger partial charge is 0.497 e. The van der Waals surface area contributed by atoms with Crippen LogP contribution in [0.1, 0.15) is 31.7 Å². The highest BCUT2D eigenvalue weighted by Gasteiger charge is 2.50. The van der Waals surface area contributed by atoms with E-state index in [2.05, 4.69) is 16.1 Å². The number of amides is 5. The number of carbonyl (C=O) groups is 4. The van der Waals surface area contributed by atoms with Gasteiger partial charge >= 0.3 is 6.03 Å². The fourth-order valence-corrected chi connectivity index (χ4v) is 4.15. The maximum atomic E-state index is 13.0. The molecule has 2 heterocycles. The molecule has 3 N–H and O–H groups in total. The Hall–Kier alpha value is -3.18. The molecule has 2 aliphatic heterocycles. The van der Waals surface area contributed by atoms with Gasteiger partial charge in [-0.1, -0.05) is 12.1 Å². The van der Waals surface area contributed by atoms with E-state index in [-0.39, 0.29) is 18.4 Å². The van der Waals surface area contributed by atoms with Crippen molar-refractivity contribution in [3.63, 3.8) is 0 Å². The van der Waals surface area contributed by atoms with E-state index in [0.29, 0.717) is 50.4 Å². The maximum Gasteiger partial charge on any atom is 0.344 e. The van der Waals surface area contributed by atoms with Crippen molar-refractivity contribution >= 4 is 23.8 Å². The van der Waals surface area contributed by atoms with Crippen molar-refractivity contribution in [1.29, 1.82) is 0 Å². The van der Waals surface area contributed by atoms with Crippen LogP contribution in [-0.2, 0) is 24.7 Å². The Kier molecular flexibility index (Phi) is 8.46. The number of likely N-dealkylation sites (tertiary alicyclic amines) is 1. The maximum absolute atomic E-state index is 13.0. The summed E-state index contributed by atoms with van der Waals surface area (Å²) in [6.45, 7) is 3.95. The number of imide groups is 1. The van der Waals surface area contributed by atoms with Crippen molar-refractivity contribution in [3.05, 3.63) is 29.8 Å². The zero-order chi connectivity index (χ0) is 24.7. The Bertz CT molecular complexity index is 900. The Morgan fingerprint density at radius 3 is 2.44 bits per heavy atom. The highest BCUT2D eigenvalue weighted by molar-refractivity contribution is 6.08. The summed E-state index contributed by atoms with van der Waals surface area (Å²) in [6, 6.07) is 6.09. The number of ether oxygens (including phenoxy) is 2. The molecule has 2 aliphatic rings. The minimum absolute atomic E-state index is 0.0253. The number of hydrogen-bond acceptors (Lipinski definition) is 7. The lowest BCUT2D eigenvalue weighted by Crippen LogP contribution is -2.51. The first kappa shape index (κ1) is 25.4. The van der Waals surface area contributed by atoms with Crippen LogP contribution in [0.5, 0.6) is 5.75 Å². The average Bonchev–Trinajstić information content (AvgIpc) is 3.06. The molecule has 0 aliphatic carbocycles. The lowest BCUT2D eigenvalue weighted by Gasteiger charge is -2.31. The van der Waals surface area contributed by atoms with Crippen LogP contribution in [-0.4, -0.2) is 80.7 Å². The van der Waals surface area contributed by atoms with E-state index in [4.69, 9.17) is 9.47 Å². The van der Waals surface area contributed by atoms with Crippen LogP contribution in [0, 0.1) is 5.92 Å². The highest BCUT2D eigenvalue weighted by Crippen LogP contribution is 2.29. The number of nitrogens with one attached hydrogen (secondary N) is 3. The van der Waals surface area contributed by atoms with Gasteiger partial charge in [0.2, 0.25) is 5.91 Å². The van der Waals surface area contributed by atoms with Crippen molar-refractivity contribution < 1.29 is 28.7 Å². The van der Waals surface area contributed by atoms with Crippen molar-refractivity contribution in [2.45, 2.75) is 31.7 Å². The molecule has 3 rings (SSSR count). The molecule has 0 bridgehead atoms. The summed E-state index contributed by atoms with van der Waals surface area (Å²) in [5, 5.41) is 6.30. The van der Waals surface area contributed by atoms with Gasteiger partial charge in [0, 0.05) is 26.2 Å². The molecule has 2 fully saturated rings. The molecule has 11 nitrogen and oxygen atoms in total. The Labute approximate surface area is 199 Å². The molecule has 11 heteroatoms. The molecule has 0 radical (unpaired) electrons. The molecule has 186 valence electrons. The van der Waals surface area contributed by atoms with Gasteiger partial charge in [-0.25, -0.2) is 4.79 Å². The molecule has 2 saturated heterocycles. The van der Waals surface area contributed by atoms with Crippen LogP contribution in [0.25, 0.3) is 0 Å². The summed E-state index contributed by atoms with van der Waals surface area (Å²) in [5.41, 5.74) is 1.70. The first-order chi connectivity index (χ1) is 16.3. The minimum atomic E-state index is -1.30. The second-order valence-electron chi connectivity index (χ2n) is 8.65. The van der Waals surface area contributed by atoms with Crippen molar-refractivity contribution in [2.24, 2.45) is 5.92 Å².